The van der Waals surface area contributed by atoms with Crippen molar-refractivity contribution >= 4 is 42.6 Å². The van der Waals surface area contributed by atoms with Crippen molar-refractivity contribution in [2.24, 2.45) is 5.92 Å². The first-order chi connectivity index (χ1) is 9.44. The molecule has 1 N–H and O–H groups in total. The molecule has 1 atom stereocenters. The second-order valence-corrected chi connectivity index (χ2v) is 7.81. The van der Waals surface area contributed by atoms with Gasteiger partial charge in [-0.25, -0.2) is 4.98 Å². The first-order valence-electron chi connectivity index (χ1n) is 6.91. The molecule has 1 heterocycles. The van der Waals surface area contributed by atoms with Gasteiger partial charge in [0.15, 0.2) is 5.13 Å². The Morgan fingerprint density at radius 2 is 2.10 bits per heavy atom. The molecule has 0 saturated heterocycles. The molecule has 0 radical (unpaired) electrons. The summed E-state index contributed by atoms with van der Waals surface area (Å²) in [5, 5.41) is 4.62. The summed E-state index contributed by atoms with van der Waals surface area (Å²) < 4.78 is 2.30. The highest BCUT2D eigenvalue weighted by Crippen LogP contribution is 2.29. The molecule has 5 heteroatoms. The molecule has 110 valence electrons. The molecule has 0 aliphatic heterocycles. The van der Waals surface area contributed by atoms with Gasteiger partial charge in [0.1, 0.15) is 0 Å². The molecule has 2 rings (SSSR count). The summed E-state index contributed by atoms with van der Waals surface area (Å²) in [4.78, 5) is 6.91. The van der Waals surface area contributed by atoms with Gasteiger partial charge in [0.2, 0.25) is 0 Å². The van der Waals surface area contributed by atoms with Crippen LogP contribution in [0.2, 0.25) is 0 Å². The van der Waals surface area contributed by atoms with Crippen LogP contribution in [0.3, 0.4) is 0 Å². The molecule has 0 spiro atoms. The Morgan fingerprint density at radius 3 is 2.75 bits per heavy atom. The van der Waals surface area contributed by atoms with Crippen molar-refractivity contribution in [3.8, 4) is 0 Å². The molecule has 1 aromatic carbocycles. The lowest BCUT2D eigenvalue weighted by molar-refractivity contribution is 0.356. The van der Waals surface area contributed by atoms with Gasteiger partial charge >= 0.3 is 0 Å². The standard InChI is InChI=1S/C15H22BrN3S/c1-10(2)7-12(9-19(3)4)17-15-18-13-8-11(16)5-6-14(13)20-15/h5-6,8,10,12H,7,9H2,1-4H3,(H,17,18). The van der Waals surface area contributed by atoms with Gasteiger partial charge in [0.25, 0.3) is 0 Å². The summed E-state index contributed by atoms with van der Waals surface area (Å²) in [5.74, 6) is 0.677. The quantitative estimate of drug-likeness (QED) is 0.829. The molecule has 0 amide bonds. The smallest absolute Gasteiger partial charge is 0.184 e. The van der Waals surface area contributed by atoms with E-state index >= 15 is 0 Å². The van der Waals surface area contributed by atoms with Crippen LogP contribution >= 0.6 is 27.3 Å². The molecule has 1 aromatic heterocycles. The zero-order chi connectivity index (χ0) is 14.7. The number of aromatic nitrogens is 1. The minimum absolute atomic E-state index is 0.439. The van der Waals surface area contributed by atoms with Crippen LogP contribution in [0.25, 0.3) is 10.2 Å². The van der Waals surface area contributed by atoms with Gasteiger partial charge < -0.3 is 10.2 Å². The number of rotatable bonds is 6. The fourth-order valence-corrected chi connectivity index (χ4v) is 3.60. The van der Waals surface area contributed by atoms with E-state index in [1.165, 1.54) is 4.70 Å². The van der Waals surface area contributed by atoms with Crippen LogP contribution in [0.1, 0.15) is 20.3 Å². The average molecular weight is 356 g/mol. The fourth-order valence-electron chi connectivity index (χ4n) is 2.33. The molecule has 0 aliphatic carbocycles. The summed E-state index contributed by atoms with van der Waals surface area (Å²) in [6, 6.07) is 6.69. The van der Waals surface area contributed by atoms with Gasteiger partial charge in [0.05, 0.1) is 10.2 Å². The van der Waals surface area contributed by atoms with E-state index in [-0.39, 0.29) is 0 Å². The van der Waals surface area contributed by atoms with E-state index in [1.807, 2.05) is 0 Å². The maximum atomic E-state index is 4.69. The summed E-state index contributed by atoms with van der Waals surface area (Å²) in [5.41, 5.74) is 1.06. The molecule has 2 aromatic rings. The lowest BCUT2D eigenvalue weighted by Crippen LogP contribution is -2.33. The zero-order valence-electron chi connectivity index (χ0n) is 12.5. The van der Waals surface area contributed by atoms with Crippen molar-refractivity contribution in [3.05, 3.63) is 22.7 Å². The Balaban J connectivity index is 2.14. The van der Waals surface area contributed by atoms with E-state index in [4.69, 9.17) is 0 Å². The number of halogens is 1. The average Bonchev–Trinajstić information content (AvgIpc) is 2.68. The highest BCUT2D eigenvalue weighted by Gasteiger charge is 2.14. The Kier molecular flexibility index (Phi) is 5.41. The molecular formula is C15H22BrN3S. The largest absolute Gasteiger partial charge is 0.357 e. The Hall–Kier alpha value is -0.650. The summed E-state index contributed by atoms with van der Waals surface area (Å²) in [7, 11) is 4.23. The Bertz CT molecular complexity index is 555. The van der Waals surface area contributed by atoms with Gasteiger partial charge in [-0.3, -0.25) is 0 Å². The number of thiazole rings is 1. The predicted octanol–water partition coefficient (Wildman–Crippen LogP) is 4.45. The van der Waals surface area contributed by atoms with E-state index in [0.29, 0.717) is 12.0 Å². The van der Waals surface area contributed by atoms with Crippen LogP contribution in [0.5, 0.6) is 0 Å². The van der Waals surface area contributed by atoms with E-state index in [0.717, 1.165) is 28.1 Å². The molecular weight excluding hydrogens is 334 g/mol. The third-order valence-electron chi connectivity index (χ3n) is 3.02. The first kappa shape index (κ1) is 15.7. The van der Waals surface area contributed by atoms with Gasteiger partial charge in [-0.1, -0.05) is 41.1 Å². The number of nitrogens with zero attached hydrogens (tertiary/aromatic N) is 2. The van der Waals surface area contributed by atoms with Crippen LogP contribution in [0, 0.1) is 5.92 Å². The summed E-state index contributed by atoms with van der Waals surface area (Å²) in [6.07, 6.45) is 1.15. The van der Waals surface area contributed by atoms with Crippen molar-refractivity contribution in [1.82, 2.24) is 9.88 Å². The fraction of sp³-hybridized carbons (Fsp3) is 0.533. The van der Waals surface area contributed by atoms with Gasteiger partial charge in [0, 0.05) is 17.1 Å². The molecule has 1 unspecified atom stereocenters. The van der Waals surface area contributed by atoms with E-state index in [9.17, 15) is 0 Å². The number of nitrogens with one attached hydrogen (secondary N) is 1. The number of hydrogen-bond acceptors (Lipinski definition) is 4. The molecule has 20 heavy (non-hydrogen) atoms. The van der Waals surface area contributed by atoms with Crippen molar-refractivity contribution < 1.29 is 0 Å². The zero-order valence-corrected chi connectivity index (χ0v) is 14.9. The molecule has 0 bridgehead atoms. The van der Waals surface area contributed by atoms with Crippen LogP contribution in [-0.2, 0) is 0 Å². The second-order valence-electron chi connectivity index (χ2n) is 5.86. The van der Waals surface area contributed by atoms with Gasteiger partial charge in [-0.05, 0) is 44.6 Å². The van der Waals surface area contributed by atoms with E-state index < -0.39 is 0 Å². The van der Waals surface area contributed by atoms with Crippen LogP contribution < -0.4 is 5.32 Å². The van der Waals surface area contributed by atoms with Crippen LogP contribution in [0.4, 0.5) is 5.13 Å². The SMILES string of the molecule is CC(C)CC(CN(C)C)Nc1nc2cc(Br)ccc2s1. The predicted molar refractivity (Wildman–Crippen MR) is 92.7 cm³/mol. The monoisotopic (exact) mass is 355 g/mol. The summed E-state index contributed by atoms with van der Waals surface area (Å²) >= 11 is 5.22. The van der Waals surface area contributed by atoms with Gasteiger partial charge in [-0.15, -0.1) is 0 Å². The van der Waals surface area contributed by atoms with Crippen LogP contribution in [-0.4, -0.2) is 36.6 Å². The Labute approximate surface area is 133 Å². The number of anilines is 1. The van der Waals surface area contributed by atoms with Crippen molar-refractivity contribution in [1.29, 1.82) is 0 Å². The minimum atomic E-state index is 0.439. The van der Waals surface area contributed by atoms with E-state index in [2.05, 4.69) is 77.3 Å². The maximum absolute atomic E-state index is 4.69. The first-order valence-corrected chi connectivity index (χ1v) is 8.52. The van der Waals surface area contributed by atoms with Crippen molar-refractivity contribution in [3.63, 3.8) is 0 Å². The summed E-state index contributed by atoms with van der Waals surface area (Å²) in [6.45, 7) is 5.55. The number of benzene rings is 1. The second kappa shape index (κ2) is 6.87. The lowest BCUT2D eigenvalue weighted by atomic mass is 10.0. The number of hydrogen-bond donors (Lipinski definition) is 1. The topological polar surface area (TPSA) is 28.2 Å². The molecule has 3 nitrogen and oxygen atoms in total. The van der Waals surface area contributed by atoms with Crippen molar-refractivity contribution in [2.45, 2.75) is 26.3 Å². The number of fused-ring (bicyclic) bond motifs is 1. The number of likely N-dealkylation sites (N-methyl/N-ethyl adjacent to an activating group) is 1. The van der Waals surface area contributed by atoms with Crippen LogP contribution in [0.15, 0.2) is 22.7 Å². The highest BCUT2D eigenvalue weighted by atomic mass is 79.9. The lowest BCUT2D eigenvalue weighted by Gasteiger charge is -2.23. The van der Waals surface area contributed by atoms with E-state index in [1.54, 1.807) is 11.3 Å². The third kappa shape index (κ3) is 4.43. The molecule has 0 aliphatic rings. The minimum Gasteiger partial charge on any atom is -0.357 e. The third-order valence-corrected chi connectivity index (χ3v) is 4.48. The van der Waals surface area contributed by atoms with Crippen molar-refractivity contribution in [2.75, 3.05) is 26.0 Å². The Morgan fingerprint density at radius 1 is 1.35 bits per heavy atom. The normalized spacial score (nSPS) is 13.3. The molecule has 0 fully saturated rings. The molecule has 0 saturated carbocycles. The highest BCUT2D eigenvalue weighted by molar-refractivity contribution is 9.10. The maximum Gasteiger partial charge on any atom is 0.184 e. The van der Waals surface area contributed by atoms with Gasteiger partial charge in [-0.2, -0.15) is 0 Å².